The number of amides is 1. The summed E-state index contributed by atoms with van der Waals surface area (Å²) >= 11 is 0. The van der Waals surface area contributed by atoms with Gasteiger partial charge in [-0.1, -0.05) is 0 Å². The molecule has 1 atom stereocenters. The fourth-order valence-electron chi connectivity index (χ4n) is 4.10. The van der Waals surface area contributed by atoms with Gasteiger partial charge in [-0.25, -0.2) is 9.50 Å². The molecule has 27 heavy (non-hydrogen) atoms. The van der Waals surface area contributed by atoms with Crippen LogP contribution in [0, 0.1) is 0 Å². The molecule has 0 aliphatic carbocycles. The highest BCUT2D eigenvalue weighted by molar-refractivity contribution is 5.99. The summed E-state index contributed by atoms with van der Waals surface area (Å²) in [5.74, 6) is 2.18. The zero-order chi connectivity index (χ0) is 18.4. The molecule has 1 fully saturated rings. The molecular formula is C18H21N7O2. The van der Waals surface area contributed by atoms with Crippen LogP contribution in [0.3, 0.4) is 0 Å². The Bertz CT molecular complexity index is 989. The molecule has 2 aliphatic rings. The second kappa shape index (κ2) is 6.41. The number of carbonyl (C=O) groups excluding carboxylic acids is 1. The van der Waals surface area contributed by atoms with E-state index in [9.17, 15) is 4.79 Å². The second-order valence-corrected chi connectivity index (χ2v) is 7.21. The first-order valence-electron chi connectivity index (χ1n) is 9.31. The van der Waals surface area contributed by atoms with Crippen LogP contribution in [0.4, 0.5) is 0 Å². The number of hydrogen-bond acceptors (Lipinski definition) is 6. The van der Waals surface area contributed by atoms with E-state index in [1.54, 1.807) is 29.2 Å². The van der Waals surface area contributed by atoms with Crippen LogP contribution < -0.4 is 0 Å². The third-order valence-corrected chi connectivity index (χ3v) is 5.43. The molecule has 0 spiro atoms. The number of ether oxygens (including phenoxy) is 1. The number of aromatic nitrogens is 6. The van der Waals surface area contributed by atoms with Crippen molar-refractivity contribution in [3.8, 4) is 0 Å². The van der Waals surface area contributed by atoms with Crippen molar-refractivity contribution in [3.63, 3.8) is 0 Å². The summed E-state index contributed by atoms with van der Waals surface area (Å²) < 4.78 is 9.30. The van der Waals surface area contributed by atoms with Crippen LogP contribution in [-0.2, 0) is 11.3 Å². The number of nitrogens with zero attached hydrogens (tertiary/aromatic N) is 7. The summed E-state index contributed by atoms with van der Waals surface area (Å²) in [4.78, 5) is 19.2. The number of fused-ring (bicyclic) bond motifs is 2. The van der Waals surface area contributed by atoms with E-state index >= 15 is 0 Å². The lowest BCUT2D eigenvalue weighted by atomic mass is 9.99. The summed E-state index contributed by atoms with van der Waals surface area (Å²) in [7, 11) is 0. The molecule has 0 unspecified atom stereocenters. The molecule has 3 aromatic rings. The first-order valence-corrected chi connectivity index (χ1v) is 9.31. The van der Waals surface area contributed by atoms with Gasteiger partial charge in [0.25, 0.3) is 5.91 Å². The normalized spacial score (nSPS) is 20.8. The zero-order valence-electron chi connectivity index (χ0n) is 15.2. The molecule has 0 aromatic carbocycles. The van der Waals surface area contributed by atoms with Crippen molar-refractivity contribution in [1.82, 2.24) is 34.3 Å². The van der Waals surface area contributed by atoms with Crippen molar-refractivity contribution in [1.29, 1.82) is 0 Å². The molecule has 5 heterocycles. The fraction of sp³-hybridized carbons (Fsp3) is 0.500. The SMILES string of the molecule is C[C@H]1CN(C(=O)c2cnn3cccnc23)Cc2nnc(C3CCOCC3)n21. The quantitative estimate of drug-likeness (QED) is 0.681. The van der Waals surface area contributed by atoms with Gasteiger partial charge in [-0.2, -0.15) is 5.10 Å². The van der Waals surface area contributed by atoms with Gasteiger partial charge in [0, 0.05) is 38.1 Å². The minimum absolute atomic E-state index is 0.0718. The van der Waals surface area contributed by atoms with Crippen LogP contribution in [0.2, 0.25) is 0 Å². The maximum Gasteiger partial charge on any atom is 0.259 e. The summed E-state index contributed by atoms with van der Waals surface area (Å²) in [6.07, 6.45) is 6.99. The van der Waals surface area contributed by atoms with Gasteiger partial charge in [0.2, 0.25) is 0 Å². The highest BCUT2D eigenvalue weighted by atomic mass is 16.5. The highest BCUT2D eigenvalue weighted by Crippen LogP contribution is 2.31. The first-order chi connectivity index (χ1) is 13.2. The molecular weight excluding hydrogens is 346 g/mol. The highest BCUT2D eigenvalue weighted by Gasteiger charge is 2.33. The van der Waals surface area contributed by atoms with Crippen molar-refractivity contribution >= 4 is 11.6 Å². The van der Waals surface area contributed by atoms with Gasteiger partial charge in [0.1, 0.15) is 11.4 Å². The maximum atomic E-state index is 13.1. The Hall–Kier alpha value is -2.81. The predicted molar refractivity (Wildman–Crippen MR) is 95.3 cm³/mol. The maximum absolute atomic E-state index is 13.1. The lowest BCUT2D eigenvalue weighted by Gasteiger charge is -2.33. The van der Waals surface area contributed by atoms with E-state index in [0.29, 0.717) is 30.2 Å². The van der Waals surface area contributed by atoms with Gasteiger partial charge >= 0.3 is 0 Å². The molecule has 0 saturated carbocycles. The molecule has 140 valence electrons. The summed E-state index contributed by atoms with van der Waals surface area (Å²) in [6, 6.07) is 1.91. The second-order valence-electron chi connectivity index (χ2n) is 7.21. The third-order valence-electron chi connectivity index (χ3n) is 5.43. The van der Waals surface area contributed by atoms with Crippen LogP contribution in [0.25, 0.3) is 5.65 Å². The molecule has 3 aromatic heterocycles. The largest absolute Gasteiger partial charge is 0.381 e. The number of rotatable bonds is 2. The topological polar surface area (TPSA) is 90.4 Å². The van der Waals surface area contributed by atoms with Gasteiger partial charge in [0.05, 0.1) is 18.8 Å². The molecule has 1 amide bonds. The Morgan fingerprint density at radius 2 is 2.11 bits per heavy atom. The van der Waals surface area contributed by atoms with E-state index in [-0.39, 0.29) is 11.9 Å². The molecule has 9 nitrogen and oxygen atoms in total. The Kier molecular flexibility index (Phi) is 3.89. The minimum atomic E-state index is -0.0718. The molecule has 2 aliphatic heterocycles. The van der Waals surface area contributed by atoms with Crippen molar-refractivity contribution in [2.45, 2.75) is 38.3 Å². The van der Waals surface area contributed by atoms with Crippen molar-refractivity contribution in [2.24, 2.45) is 0 Å². The van der Waals surface area contributed by atoms with Crippen LogP contribution in [0.15, 0.2) is 24.7 Å². The van der Waals surface area contributed by atoms with Gasteiger partial charge in [-0.3, -0.25) is 4.79 Å². The van der Waals surface area contributed by atoms with Crippen LogP contribution in [-0.4, -0.2) is 59.9 Å². The average Bonchev–Trinajstić information content (AvgIpc) is 3.33. The van der Waals surface area contributed by atoms with Gasteiger partial charge in [-0.05, 0) is 25.8 Å². The molecule has 9 heteroatoms. The van der Waals surface area contributed by atoms with Gasteiger partial charge < -0.3 is 14.2 Å². The molecule has 0 radical (unpaired) electrons. The first kappa shape index (κ1) is 16.4. The Balaban J connectivity index is 1.43. The average molecular weight is 367 g/mol. The lowest BCUT2D eigenvalue weighted by Crippen LogP contribution is -2.41. The lowest BCUT2D eigenvalue weighted by molar-refractivity contribution is 0.0670. The monoisotopic (exact) mass is 367 g/mol. The predicted octanol–water partition coefficient (Wildman–Crippen LogP) is 1.43. The van der Waals surface area contributed by atoms with Crippen molar-refractivity contribution < 1.29 is 9.53 Å². The third kappa shape index (κ3) is 2.69. The van der Waals surface area contributed by atoms with Crippen LogP contribution >= 0.6 is 0 Å². The van der Waals surface area contributed by atoms with E-state index in [2.05, 4.69) is 31.8 Å². The summed E-state index contributed by atoms with van der Waals surface area (Å²) in [5, 5.41) is 13.1. The number of carbonyl (C=O) groups is 1. The molecule has 5 rings (SSSR count). The number of hydrogen-bond donors (Lipinski definition) is 0. The van der Waals surface area contributed by atoms with Gasteiger partial charge in [0.15, 0.2) is 11.5 Å². The summed E-state index contributed by atoms with van der Waals surface area (Å²) in [6.45, 7) is 4.72. The Morgan fingerprint density at radius 3 is 2.96 bits per heavy atom. The minimum Gasteiger partial charge on any atom is -0.381 e. The van der Waals surface area contributed by atoms with Crippen molar-refractivity contribution in [2.75, 3.05) is 19.8 Å². The van der Waals surface area contributed by atoms with Gasteiger partial charge in [-0.15, -0.1) is 10.2 Å². The smallest absolute Gasteiger partial charge is 0.259 e. The van der Waals surface area contributed by atoms with E-state index in [1.807, 2.05) is 4.90 Å². The fourth-order valence-corrected chi connectivity index (χ4v) is 4.10. The zero-order valence-corrected chi connectivity index (χ0v) is 15.2. The van der Waals surface area contributed by atoms with Crippen LogP contribution in [0.1, 0.15) is 53.7 Å². The van der Waals surface area contributed by atoms with E-state index < -0.39 is 0 Å². The Morgan fingerprint density at radius 1 is 1.26 bits per heavy atom. The Labute approximate surface area is 156 Å². The molecule has 0 N–H and O–H groups in total. The standard InChI is InChI=1S/C18H21N7O2/c1-12-10-23(18(26)14-9-20-24-6-2-5-19-17(14)24)11-15-21-22-16(25(12)15)13-3-7-27-8-4-13/h2,5-6,9,12-13H,3-4,7-8,10-11H2,1H3/t12-/m0/s1. The van der Waals surface area contributed by atoms with Crippen molar-refractivity contribution in [3.05, 3.63) is 41.9 Å². The molecule has 0 bridgehead atoms. The summed E-state index contributed by atoms with van der Waals surface area (Å²) in [5.41, 5.74) is 1.09. The van der Waals surface area contributed by atoms with E-state index in [4.69, 9.17) is 4.74 Å². The van der Waals surface area contributed by atoms with Crippen LogP contribution in [0.5, 0.6) is 0 Å². The van der Waals surface area contributed by atoms with E-state index in [0.717, 1.165) is 37.7 Å². The molecule has 1 saturated heterocycles. The van der Waals surface area contributed by atoms with E-state index in [1.165, 1.54) is 0 Å².